The van der Waals surface area contributed by atoms with Gasteiger partial charge < -0.3 is 4.74 Å². The summed E-state index contributed by atoms with van der Waals surface area (Å²) in [5, 5.41) is 0. The molecule has 0 unspecified atom stereocenters. The number of hydrogen-bond donors (Lipinski definition) is 2. The van der Waals surface area contributed by atoms with Gasteiger partial charge in [-0.25, -0.2) is 0 Å². The van der Waals surface area contributed by atoms with E-state index in [1.807, 2.05) is 18.2 Å². The summed E-state index contributed by atoms with van der Waals surface area (Å²) in [6.07, 6.45) is 3.24. The number of benzene rings is 1. The van der Waals surface area contributed by atoms with Crippen molar-refractivity contribution < 1.29 is 14.3 Å². The number of carbonyl (C=O) groups is 2. The third-order valence-electron chi connectivity index (χ3n) is 4.83. The minimum atomic E-state index is -0.321. The number of hydrazine groups is 1. The van der Waals surface area contributed by atoms with E-state index in [1.54, 1.807) is 6.07 Å². The zero-order valence-corrected chi connectivity index (χ0v) is 14.9. The van der Waals surface area contributed by atoms with E-state index in [9.17, 15) is 9.59 Å². The molecule has 130 valence electrons. The Kier molecular flexibility index (Phi) is 4.31. The second-order valence-electron chi connectivity index (χ2n) is 6.79. The molecule has 1 aliphatic heterocycles. The summed E-state index contributed by atoms with van der Waals surface area (Å²) in [6, 6.07) is 7.42. The molecule has 2 heterocycles. The Labute approximate surface area is 150 Å². The summed E-state index contributed by atoms with van der Waals surface area (Å²) >= 11 is 1.53. The average molecular weight is 356 g/mol. The molecule has 5 nitrogen and oxygen atoms in total. The summed E-state index contributed by atoms with van der Waals surface area (Å²) in [4.78, 5) is 26.5. The molecule has 0 radical (unpaired) electrons. The Bertz CT molecular complexity index is 843. The highest BCUT2D eigenvalue weighted by Gasteiger charge is 2.21. The topological polar surface area (TPSA) is 67.4 Å². The summed E-state index contributed by atoms with van der Waals surface area (Å²) in [7, 11) is 0. The van der Waals surface area contributed by atoms with Gasteiger partial charge in [-0.05, 0) is 60.1 Å². The van der Waals surface area contributed by atoms with E-state index in [-0.39, 0.29) is 11.8 Å². The van der Waals surface area contributed by atoms with Crippen molar-refractivity contribution in [3.63, 3.8) is 0 Å². The maximum atomic E-state index is 12.3. The minimum absolute atomic E-state index is 0.259. The van der Waals surface area contributed by atoms with Crippen molar-refractivity contribution in [3.8, 4) is 0 Å². The van der Waals surface area contributed by atoms with E-state index in [1.165, 1.54) is 28.2 Å². The van der Waals surface area contributed by atoms with E-state index in [0.717, 1.165) is 24.0 Å². The molecule has 25 heavy (non-hydrogen) atoms. The molecule has 0 fully saturated rings. The van der Waals surface area contributed by atoms with Gasteiger partial charge in [-0.15, -0.1) is 11.3 Å². The van der Waals surface area contributed by atoms with Gasteiger partial charge in [-0.2, -0.15) is 0 Å². The summed E-state index contributed by atoms with van der Waals surface area (Å²) in [6.45, 7) is 3.36. The number of carbonyl (C=O) groups excluding carboxylic acids is 2. The summed E-state index contributed by atoms with van der Waals surface area (Å²) in [5.74, 6) is 0.0874. The van der Waals surface area contributed by atoms with E-state index in [2.05, 4.69) is 17.8 Å². The Balaban J connectivity index is 1.39. The maximum Gasteiger partial charge on any atom is 0.279 e. The van der Waals surface area contributed by atoms with Crippen molar-refractivity contribution in [1.82, 2.24) is 10.9 Å². The van der Waals surface area contributed by atoms with Crippen LogP contribution in [0.25, 0.3) is 0 Å². The largest absolute Gasteiger partial charge is 0.372 e. The average Bonchev–Trinajstić information content (AvgIpc) is 3.24. The van der Waals surface area contributed by atoms with E-state index >= 15 is 0 Å². The molecule has 0 saturated carbocycles. The second kappa shape index (κ2) is 6.61. The predicted molar refractivity (Wildman–Crippen MR) is 95.4 cm³/mol. The van der Waals surface area contributed by atoms with Crippen molar-refractivity contribution in [2.75, 3.05) is 0 Å². The van der Waals surface area contributed by atoms with Crippen LogP contribution in [-0.4, -0.2) is 11.8 Å². The zero-order chi connectivity index (χ0) is 17.4. The molecule has 4 rings (SSSR count). The first-order valence-corrected chi connectivity index (χ1v) is 9.33. The zero-order valence-electron chi connectivity index (χ0n) is 14.1. The number of ether oxygens (including phenoxy) is 1. The molecule has 0 bridgehead atoms. The Morgan fingerprint density at radius 2 is 1.88 bits per heavy atom. The normalized spacial score (nSPS) is 18.4. The van der Waals surface area contributed by atoms with Crippen LogP contribution in [0.3, 0.4) is 0 Å². The van der Waals surface area contributed by atoms with Crippen molar-refractivity contribution >= 4 is 23.2 Å². The van der Waals surface area contributed by atoms with Gasteiger partial charge in [0.1, 0.15) is 0 Å². The van der Waals surface area contributed by atoms with E-state index in [0.29, 0.717) is 29.6 Å². The van der Waals surface area contributed by atoms with Crippen LogP contribution in [0.5, 0.6) is 0 Å². The fraction of sp³-hybridized carbons (Fsp3) is 0.368. The van der Waals surface area contributed by atoms with Gasteiger partial charge in [0.25, 0.3) is 11.8 Å². The number of hydrogen-bond acceptors (Lipinski definition) is 4. The Morgan fingerprint density at radius 3 is 2.76 bits per heavy atom. The lowest BCUT2D eigenvalue weighted by Gasteiger charge is -2.16. The van der Waals surface area contributed by atoms with Gasteiger partial charge in [0, 0.05) is 10.4 Å². The highest BCUT2D eigenvalue weighted by atomic mass is 32.1. The third kappa shape index (κ3) is 3.32. The first-order valence-electron chi connectivity index (χ1n) is 8.52. The molecular formula is C19H20N2O3S. The number of rotatable bonds is 2. The van der Waals surface area contributed by atoms with Crippen LogP contribution in [0, 0.1) is 5.92 Å². The smallest absolute Gasteiger partial charge is 0.279 e. The van der Waals surface area contributed by atoms with Gasteiger partial charge in [-0.1, -0.05) is 13.0 Å². The molecule has 6 heteroatoms. The molecule has 0 spiro atoms. The number of aryl methyl sites for hydroxylation is 1. The molecule has 2 aliphatic rings. The van der Waals surface area contributed by atoms with Crippen LogP contribution in [0.2, 0.25) is 0 Å². The fourth-order valence-corrected chi connectivity index (χ4v) is 4.48. The second-order valence-corrected chi connectivity index (χ2v) is 7.93. The van der Waals surface area contributed by atoms with Gasteiger partial charge in [0.2, 0.25) is 0 Å². The molecular weight excluding hydrogens is 336 g/mol. The lowest BCUT2D eigenvalue weighted by atomic mass is 9.90. The molecule has 1 aromatic carbocycles. The standard InChI is InChI=1S/C19H20N2O3S/c1-11-2-5-16-14(6-11)8-17(25-16)19(23)21-20-18(22)12-3-4-13-9-24-10-15(13)7-12/h3-4,7-8,11H,2,5-6,9-10H2,1H3,(H,20,22)(H,21,23)/t11-/m0/s1. The lowest BCUT2D eigenvalue weighted by Crippen LogP contribution is -2.41. The third-order valence-corrected chi connectivity index (χ3v) is 6.06. The molecule has 1 aromatic heterocycles. The number of nitrogens with one attached hydrogen (secondary N) is 2. The minimum Gasteiger partial charge on any atom is -0.372 e. The molecule has 2 amide bonds. The van der Waals surface area contributed by atoms with Gasteiger partial charge in [0.05, 0.1) is 18.1 Å². The van der Waals surface area contributed by atoms with Crippen LogP contribution in [-0.2, 0) is 30.8 Å². The maximum absolute atomic E-state index is 12.3. The molecule has 2 aromatic rings. The van der Waals surface area contributed by atoms with Crippen LogP contribution < -0.4 is 10.9 Å². The number of amides is 2. The summed E-state index contributed by atoms with van der Waals surface area (Å²) in [5.41, 5.74) is 8.96. The van der Waals surface area contributed by atoms with Crippen molar-refractivity contribution in [1.29, 1.82) is 0 Å². The van der Waals surface area contributed by atoms with Gasteiger partial charge >= 0.3 is 0 Å². The quantitative estimate of drug-likeness (QED) is 0.813. The molecule has 2 N–H and O–H groups in total. The van der Waals surface area contributed by atoms with Crippen molar-refractivity contribution in [2.45, 2.75) is 39.4 Å². The van der Waals surface area contributed by atoms with Crippen LogP contribution in [0.1, 0.15) is 54.9 Å². The van der Waals surface area contributed by atoms with Crippen molar-refractivity contribution in [3.05, 3.63) is 56.3 Å². The first kappa shape index (κ1) is 16.3. The highest BCUT2D eigenvalue weighted by Crippen LogP contribution is 2.32. The summed E-state index contributed by atoms with van der Waals surface area (Å²) < 4.78 is 5.35. The molecule has 0 saturated heterocycles. The van der Waals surface area contributed by atoms with Gasteiger partial charge in [0.15, 0.2) is 0 Å². The number of thiophene rings is 1. The fourth-order valence-electron chi connectivity index (χ4n) is 3.38. The van der Waals surface area contributed by atoms with Crippen LogP contribution >= 0.6 is 11.3 Å². The Hall–Kier alpha value is -2.18. The monoisotopic (exact) mass is 356 g/mol. The number of fused-ring (bicyclic) bond motifs is 2. The Morgan fingerprint density at radius 1 is 1.08 bits per heavy atom. The van der Waals surface area contributed by atoms with E-state index < -0.39 is 0 Å². The van der Waals surface area contributed by atoms with E-state index in [4.69, 9.17) is 4.74 Å². The predicted octanol–water partition coefficient (Wildman–Crippen LogP) is 2.98. The van der Waals surface area contributed by atoms with Crippen LogP contribution in [0.4, 0.5) is 0 Å². The highest BCUT2D eigenvalue weighted by molar-refractivity contribution is 7.14. The lowest BCUT2D eigenvalue weighted by molar-refractivity contribution is 0.0849. The molecule has 1 atom stereocenters. The van der Waals surface area contributed by atoms with Gasteiger partial charge in [-0.3, -0.25) is 20.4 Å². The SMILES string of the molecule is C[C@H]1CCc2sc(C(=O)NNC(=O)c3ccc4c(c3)COC4)cc2C1. The van der Waals surface area contributed by atoms with Crippen molar-refractivity contribution in [2.24, 2.45) is 5.92 Å². The molecule has 1 aliphatic carbocycles. The first-order chi connectivity index (χ1) is 12.1. The van der Waals surface area contributed by atoms with Crippen LogP contribution in [0.15, 0.2) is 24.3 Å².